The summed E-state index contributed by atoms with van der Waals surface area (Å²) in [5.74, 6) is -0.622. The zero-order valence-electron chi connectivity index (χ0n) is 32.9. The van der Waals surface area contributed by atoms with E-state index in [9.17, 15) is 14.7 Å². The average Bonchev–Trinajstić information content (AvgIpc) is 3.12. The Morgan fingerprint density at radius 1 is 0.460 bits per heavy atom. The Kier molecular flexibility index (Phi) is 39.5. The van der Waals surface area contributed by atoms with Crippen LogP contribution in [0, 0.1) is 0 Å². The Hall–Kier alpha value is -2.14. The number of rotatable bonds is 38. The van der Waals surface area contributed by atoms with Gasteiger partial charge in [-0.1, -0.05) is 184 Å². The Bertz CT molecular complexity index is 842. The van der Waals surface area contributed by atoms with Crippen LogP contribution < -0.4 is 0 Å². The minimum absolute atomic E-state index is 0.0773. The van der Waals surface area contributed by atoms with E-state index >= 15 is 0 Å². The van der Waals surface area contributed by atoms with Crippen molar-refractivity contribution < 1.29 is 24.2 Å². The first kappa shape index (κ1) is 47.9. The standard InChI is InChI=1S/C45H80O5/c1-3-5-7-9-11-13-15-17-19-21-22-24-26-28-30-32-34-36-38-40-45(48)50-43(41-46)42-49-44(47)39-37-35-33-31-29-27-25-23-20-18-16-14-12-10-8-6-4-2/h11,13,17,19,22,24,28,30,43,46H,3-10,12,14-16,18,20-21,23,25-27,29,31-42H2,1-2H3/b13-11-,19-17-,24-22-,30-28-/t43-/m0/s1. The van der Waals surface area contributed by atoms with Gasteiger partial charge < -0.3 is 14.6 Å². The number of carbonyl (C=O) groups excluding carboxylic acids is 2. The molecular formula is C45H80O5. The molecule has 1 N–H and O–H groups in total. The summed E-state index contributed by atoms with van der Waals surface area (Å²) >= 11 is 0. The lowest BCUT2D eigenvalue weighted by atomic mass is 10.0. The maximum absolute atomic E-state index is 12.2. The number of hydrogen-bond donors (Lipinski definition) is 1. The summed E-state index contributed by atoms with van der Waals surface area (Å²) in [5, 5.41) is 9.57. The van der Waals surface area contributed by atoms with E-state index in [1.54, 1.807) is 0 Å². The van der Waals surface area contributed by atoms with Crippen LogP contribution in [-0.4, -0.2) is 36.4 Å². The molecule has 0 aliphatic carbocycles. The normalized spacial score (nSPS) is 12.6. The fourth-order valence-electron chi connectivity index (χ4n) is 5.89. The molecule has 0 aliphatic heterocycles. The van der Waals surface area contributed by atoms with Gasteiger partial charge in [0, 0.05) is 12.8 Å². The van der Waals surface area contributed by atoms with E-state index in [2.05, 4.69) is 62.5 Å². The number of esters is 2. The van der Waals surface area contributed by atoms with Crippen LogP contribution in [0.3, 0.4) is 0 Å². The van der Waals surface area contributed by atoms with Crippen molar-refractivity contribution in [3.05, 3.63) is 48.6 Å². The Morgan fingerprint density at radius 2 is 0.800 bits per heavy atom. The summed E-state index contributed by atoms with van der Waals surface area (Å²) in [5.41, 5.74) is 0. The molecule has 0 saturated heterocycles. The molecule has 0 aromatic carbocycles. The molecule has 0 rings (SSSR count). The van der Waals surface area contributed by atoms with Gasteiger partial charge in [0.15, 0.2) is 6.10 Å². The van der Waals surface area contributed by atoms with Gasteiger partial charge in [-0.15, -0.1) is 0 Å². The molecule has 0 fully saturated rings. The van der Waals surface area contributed by atoms with Crippen LogP contribution in [0.4, 0.5) is 0 Å². The van der Waals surface area contributed by atoms with E-state index in [-0.39, 0.29) is 25.2 Å². The number of ether oxygens (including phenoxy) is 2. The summed E-state index contributed by atoms with van der Waals surface area (Å²) in [7, 11) is 0. The molecule has 0 bridgehead atoms. The maximum Gasteiger partial charge on any atom is 0.306 e. The molecule has 0 aromatic rings. The topological polar surface area (TPSA) is 72.8 Å². The van der Waals surface area contributed by atoms with E-state index in [1.165, 1.54) is 116 Å². The van der Waals surface area contributed by atoms with Crippen molar-refractivity contribution in [1.29, 1.82) is 0 Å². The van der Waals surface area contributed by atoms with Gasteiger partial charge in [0.1, 0.15) is 6.61 Å². The van der Waals surface area contributed by atoms with E-state index in [0.717, 1.165) is 64.2 Å². The van der Waals surface area contributed by atoms with Crippen molar-refractivity contribution >= 4 is 11.9 Å². The Morgan fingerprint density at radius 3 is 1.24 bits per heavy atom. The number of carbonyl (C=O) groups is 2. The molecule has 0 aliphatic rings. The lowest BCUT2D eigenvalue weighted by Gasteiger charge is -2.15. The maximum atomic E-state index is 12.2. The average molecular weight is 701 g/mol. The minimum Gasteiger partial charge on any atom is -0.462 e. The first-order valence-corrected chi connectivity index (χ1v) is 21.2. The van der Waals surface area contributed by atoms with Crippen molar-refractivity contribution in [3.63, 3.8) is 0 Å². The van der Waals surface area contributed by atoms with Crippen LogP contribution in [0.1, 0.15) is 206 Å². The SMILES string of the molecule is CCCCC/C=C\C/C=C\C/C=C\C/C=C\CCCCCC(=O)O[C@@H](CO)COC(=O)CCCCCCCCCCCCCCCCCCC. The highest BCUT2D eigenvalue weighted by Crippen LogP contribution is 2.15. The molecule has 0 amide bonds. The molecule has 0 unspecified atom stereocenters. The summed E-state index contributed by atoms with van der Waals surface area (Å²) in [4.78, 5) is 24.3. The van der Waals surface area contributed by atoms with Crippen LogP contribution in [0.5, 0.6) is 0 Å². The molecule has 1 atom stereocenters. The molecule has 5 nitrogen and oxygen atoms in total. The van der Waals surface area contributed by atoms with Gasteiger partial charge in [-0.25, -0.2) is 0 Å². The molecule has 5 heteroatoms. The highest BCUT2D eigenvalue weighted by molar-refractivity contribution is 5.70. The lowest BCUT2D eigenvalue weighted by Crippen LogP contribution is -2.28. The van der Waals surface area contributed by atoms with Gasteiger partial charge in [-0.05, 0) is 57.8 Å². The van der Waals surface area contributed by atoms with Gasteiger partial charge in [-0.2, -0.15) is 0 Å². The molecule has 0 radical (unpaired) electrons. The van der Waals surface area contributed by atoms with E-state index < -0.39 is 6.10 Å². The number of unbranched alkanes of at least 4 members (excludes halogenated alkanes) is 22. The molecule has 0 spiro atoms. The van der Waals surface area contributed by atoms with Crippen LogP contribution in [0.25, 0.3) is 0 Å². The lowest BCUT2D eigenvalue weighted by molar-refractivity contribution is -0.161. The van der Waals surface area contributed by atoms with Crippen molar-refractivity contribution in [2.24, 2.45) is 0 Å². The van der Waals surface area contributed by atoms with Gasteiger partial charge in [0.2, 0.25) is 0 Å². The number of aliphatic hydroxyl groups is 1. The third kappa shape index (κ3) is 38.7. The van der Waals surface area contributed by atoms with Gasteiger partial charge in [0.25, 0.3) is 0 Å². The van der Waals surface area contributed by atoms with Gasteiger partial charge >= 0.3 is 11.9 Å². The predicted octanol–water partition coefficient (Wildman–Crippen LogP) is 13.4. The summed E-state index contributed by atoms with van der Waals surface area (Å²) in [6.07, 6.45) is 51.7. The first-order chi connectivity index (χ1) is 24.6. The molecule has 0 aromatic heterocycles. The van der Waals surface area contributed by atoms with Crippen LogP contribution >= 0.6 is 0 Å². The molecular weight excluding hydrogens is 620 g/mol. The second kappa shape index (κ2) is 41.3. The second-order valence-electron chi connectivity index (χ2n) is 14.1. The second-order valence-corrected chi connectivity index (χ2v) is 14.1. The summed E-state index contributed by atoms with van der Waals surface area (Å²) < 4.78 is 10.6. The molecule has 50 heavy (non-hydrogen) atoms. The third-order valence-corrected chi connectivity index (χ3v) is 9.13. The van der Waals surface area contributed by atoms with Crippen LogP contribution in [-0.2, 0) is 19.1 Å². The van der Waals surface area contributed by atoms with E-state index in [4.69, 9.17) is 9.47 Å². The highest BCUT2D eigenvalue weighted by Gasteiger charge is 2.16. The smallest absolute Gasteiger partial charge is 0.306 e. The fraction of sp³-hybridized carbons (Fsp3) is 0.778. The Balaban J connectivity index is 3.60. The Labute approximate surface area is 309 Å². The largest absolute Gasteiger partial charge is 0.462 e. The quantitative estimate of drug-likeness (QED) is 0.0394. The number of allylic oxidation sites excluding steroid dienone is 8. The van der Waals surface area contributed by atoms with Crippen molar-refractivity contribution in [2.75, 3.05) is 13.2 Å². The summed E-state index contributed by atoms with van der Waals surface area (Å²) in [6, 6.07) is 0. The zero-order valence-corrected chi connectivity index (χ0v) is 32.9. The summed E-state index contributed by atoms with van der Waals surface area (Å²) in [6.45, 7) is 4.09. The van der Waals surface area contributed by atoms with Crippen molar-refractivity contribution in [3.8, 4) is 0 Å². The van der Waals surface area contributed by atoms with E-state index in [1.807, 2.05) is 0 Å². The molecule has 0 saturated carbocycles. The van der Waals surface area contributed by atoms with Gasteiger partial charge in [0.05, 0.1) is 6.61 Å². The van der Waals surface area contributed by atoms with Crippen molar-refractivity contribution in [1.82, 2.24) is 0 Å². The van der Waals surface area contributed by atoms with Crippen LogP contribution in [0.15, 0.2) is 48.6 Å². The fourth-order valence-corrected chi connectivity index (χ4v) is 5.89. The molecule has 290 valence electrons. The third-order valence-electron chi connectivity index (χ3n) is 9.13. The number of hydrogen-bond acceptors (Lipinski definition) is 5. The van der Waals surface area contributed by atoms with Crippen LogP contribution in [0.2, 0.25) is 0 Å². The van der Waals surface area contributed by atoms with Crippen molar-refractivity contribution in [2.45, 2.75) is 213 Å². The van der Waals surface area contributed by atoms with Gasteiger partial charge in [-0.3, -0.25) is 9.59 Å². The minimum atomic E-state index is -0.786. The monoisotopic (exact) mass is 701 g/mol. The zero-order chi connectivity index (χ0) is 36.4. The highest BCUT2D eigenvalue weighted by atomic mass is 16.6. The predicted molar refractivity (Wildman–Crippen MR) is 214 cm³/mol. The first-order valence-electron chi connectivity index (χ1n) is 21.2. The number of aliphatic hydroxyl groups excluding tert-OH is 1. The molecule has 0 heterocycles. The van der Waals surface area contributed by atoms with E-state index in [0.29, 0.717) is 12.8 Å².